The number of piperidine rings is 1. The summed E-state index contributed by atoms with van der Waals surface area (Å²) in [6.45, 7) is 2.80. The summed E-state index contributed by atoms with van der Waals surface area (Å²) in [5.41, 5.74) is 0.111. The van der Waals surface area contributed by atoms with Gasteiger partial charge in [0, 0.05) is 36.9 Å². The fraction of sp³-hybridized carbons (Fsp3) is 0.643. The number of anilines is 1. The molecule has 20 heavy (non-hydrogen) atoms. The normalized spacial score (nSPS) is 28.4. The average molecular weight is 276 g/mol. The van der Waals surface area contributed by atoms with Gasteiger partial charge in [0.1, 0.15) is 0 Å². The van der Waals surface area contributed by atoms with Crippen LogP contribution in [0.15, 0.2) is 18.3 Å². The van der Waals surface area contributed by atoms with Crippen molar-refractivity contribution in [2.75, 3.05) is 11.4 Å². The molecule has 2 fully saturated rings. The van der Waals surface area contributed by atoms with E-state index in [0.717, 1.165) is 19.4 Å². The first-order chi connectivity index (χ1) is 9.69. The number of nitrogens with one attached hydrogen (secondary N) is 1. The SMILES string of the molecule is CCN(c1ncccc1[N+](=O)[O-])C1CC2CCC(C1)N2. The Morgan fingerprint density at radius 3 is 2.75 bits per heavy atom. The predicted octanol–water partition coefficient (Wildman–Crippen LogP) is 2.10. The van der Waals surface area contributed by atoms with Crippen LogP contribution in [0.1, 0.15) is 32.6 Å². The highest BCUT2D eigenvalue weighted by Crippen LogP contribution is 2.34. The van der Waals surface area contributed by atoms with Crippen LogP contribution in [0.5, 0.6) is 0 Å². The Kier molecular flexibility index (Phi) is 3.56. The van der Waals surface area contributed by atoms with Gasteiger partial charge in [0.2, 0.25) is 5.82 Å². The van der Waals surface area contributed by atoms with E-state index in [1.165, 1.54) is 12.8 Å². The molecular formula is C14H20N4O2. The van der Waals surface area contributed by atoms with Gasteiger partial charge in [-0.25, -0.2) is 4.98 Å². The fourth-order valence-electron chi connectivity index (χ4n) is 3.61. The second-order valence-electron chi connectivity index (χ2n) is 5.65. The Labute approximate surface area is 118 Å². The number of rotatable bonds is 4. The van der Waals surface area contributed by atoms with Crippen LogP contribution in [0.2, 0.25) is 0 Å². The highest BCUT2D eigenvalue weighted by atomic mass is 16.6. The minimum absolute atomic E-state index is 0.111. The van der Waals surface area contributed by atoms with Gasteiger partial charge >= 0.3 is 5.69 Å². The molecule has 1 N–H and O–H groups in total. The zero-order valence-corrected chi connectivity index (χ0v) is 11.7. The second-order valence-corrected chi connectivity index (χ2v) is 5.65. The Morgan fingerprint density at radius 2 is 2.15 bits per heavy atom. The molecule has 2 saturated heterocycles. The Morgan fingerprint density at radius 1 is 1.45 bits per heavy atom. The summed E-state index contributed by atoms with van der Waals surface area (Å²) in [6.07, 6.45) is 6.20. The molecule has 6 heteroatoms. The maximum absolute atomic E-state index is 11.2. The summed E-state index contributed by atoms with van der Waals surface area (Å²) in [7, 11) is 0. The van der Waals surface area contributed by atoms with Crippen molar-refractivity contribution in [2.45, 2.75) is 50.7 Å². The molecule has 2 bridgehead atoms. The molecule has 3 rings (SSSR count). The van der Waals surface area contributed by atoms with Crippen molar-refractivity contribution in [1.82, 2.24) is 10.3 Å². The van der Waals surface area contributed by atoms with Gasteiger partial charge in [0.15, 0.2) is 0 Å². The van der Waals surface area contributed by atoms with Crippen LogP contribution in [0.4, 0.5) is 11.5 Å². The quantitative estimate of drug-likeness (QED) is 0.673. The van der Waals surface area contributed by atoms with Gasteiger partial charge in [-0.15, -0.1) is 0 Å². The fourth-order valence-corrected chi connectivity index (χ4v) is 3.61. The van der Waals surface area contributed by atoms with E-state index < -0.39 is 0 Å². The molecule has 0 amide bonds. The van der Waals surface area contributed by atoms with Crippen LogP contribution in [-0.2, 0) is 0 Å². The Bertz CT molecular complexity index is 496. The molecule has 0 spiro atoms. The number of pyridine rings is 1. The molecular weight excluding hydrogens is 256 g/mol. The van der Waals surface area contributed by atoms with Gasteiger partial charge < -0.3 is 10.2 Å². The summed E-state index contributed by atoms with van der Waals surface area (Å²) >= 11 is 0. The lowest BCUT2D eigenvalue weighted by Gasteiger charge is -2.37. The standard InChI is InChI=1S/C14H20N4O2/c1-2-17(12-8-10-5-6-11(9-12)16-10)14-13(18(19)20)4-3-7-15-14/h3-4,7,10-12,16H,2,5-6,8-9H2,1H3. The van der Waals surface area contributed by atoms with E-state index in [0.29, 0.717) is 23.9 Å². The lowest BCUT2D eigenvalue weighted by atomic mass is 9.98. The molecule has 2 aliphatic heterocycles. The smallest absolute Gasteiger partial charge is 0.311 e. The molecule has 3 heterocycles. The number of hydrogen-bond donors (Lipinski definition) is 1. The zero-order chi connectivity index (χ0) is 14.1. The van der Waals surface area contributed by atoms with Crippen LogP contribution in [-0.4, -0.2) is 34.6 Å². The molecule has 108 valence electrons. The van der Waals surface area contributed by atoms with Crippen LogP contribution >= 0.6 is 0 Å². The van der Waals surface area contributed by atoms with Crippen LogP contribution < -0.4 is 10.2 Å². The number of fused-ring (bicyclic) bond motifs is 2. The third kappa shape index (κ3) is 2.35. The van der Waals surface area contributed by atoms with E-state index in [1.54, 1.807) is 18.3 Å². The van der Waals surface area contributed by atoms with Gasteiger partial charge in [-0.3, -0.25) is 10.1 Å². The molecule has 2 aliphatic rings. The molecule has 0 radical (unpaired) electrons. The lowest BCUT2D eigenvalue weighted by molar-refractivity contribution is -0.384. The molecule has 0 aromatic carbocycles. The summed E-state index contributed by atoms with van der Waals surface area (Å²) in [5, 5.41) is 14.8. The molecule has 0 aliphatic carbocycles. The van der Waals surface area contributed by atoms with E-state index in [1.807, 2.05) is 6.92 Å². The Balaban J connectivity index is 1.88. The highest BCUT2D eigenvalue weighted by molar-refractivity contribution is 5.58. The average Bonchev–Trinajstić information content (AvgIpc) is 2.79. The van der Waals surface area contributed by atoms with E-state index in [2.05, 4.69) is 15.2 Å². The molecule has 2 atom stereocenters. The first-order valence-corrected chi connectivity index (χ1v) is 7.31. The third-order valence-corrected chi connectivity index (χ3v) is 4.46. The monoisotopic (exact) mass is 276 g/mol. The second kappa shape index (κ2) is 5.36. The summed E-state index contributed by atoms with van der Waals surface area (Å²) in [6, 6.07) is 4.65. The van der Waals surface area contributed by atoms with Crippen molar-refractivity contribution in [3.63, 3.8) is 0 Å². The van der Waals surface area contributed by atoms with Crippen molar-refractivity contribution < 1.29 is 4.92 Å². The van der Waals surface area contributed by atoms with E-state index in [9.17, 15) is 10.1 Å². The van der Waals surface area contributed by atoms with Gasteiger partial charge in [-0.2, -0.15) is 0 Å². The summed E-state index contributed by atoms with van der Waals surface area (Å²) in [5.74, 6) is 0.520. The van der Waals surface area contributed by atoms with Crippen molar-refractivity contribution in [3.05, 3.63) is 28.4 Å². The first-order valence-electron chi connectivity index (χ1n) is 7.31. The van der Waals surface area contributed by atoms with Crippen molar-refractivity contribution >= 4 is 11.5 Å². The Hall–Kier alpha value is -1.69. The molecule has 6 nitrogen and oxygen atoms in total. The maximum atomic E-state index is 11.2. The number of nitrogens with zero attached hydrogens (tertiary/aromatic N) is 3. The minimum atomic E-state index is -0.333. The van der Waals surface area contributed by atoms with E-state index >= 15 is 0 Å². The molecule has 1 aromatic heterocycles. The van der Waals surface area contributed by atoms with Gasteiger partial charge in [0.25, 0.3) is 0 Å². The summed E-state index contributed by atoms with van der Waals surface area (Å²) in [4.78, 5) is 17.3. The molecule has 0 saturated carbocycles. The van der Waals surface area contributed by atoms with Crippen molar-refractivity contribution in [2.24, 2.45) is 0 Å². The summed E-state index contributed by atoms with van der Waals surface area (Å²) < 4.78 is 0. The number of hydrogen-bond acceptors (Lipinski definition) is 5. The van der Waals surface area contributed by atoms with E-state index in [-0.39, 0.29) is 10.6 Å². The third-order valence-electron chi connectivity index (χ3n) is 4.46. The number of aromatic nitrogens is 1. The highest BCUT2D eigenvalue weighted by Gasteiger charge is 2.37. The maximum Gasteiger partial charge on any atom is 0.311 e. The van der Waals surface area contributed by atoms with Crippen molar-refractivity contribution in [3.8, 4) is 0 Å². The van der Waals surface area contributed by atoms with E-state index in [4.69, 9.17) is 0 Å². The predicted molar refractivity (Wildman–Crippen MR) is 76.9 cm³/mol. The van der Waals surface area contributed by atoms with Gasteiger partial charge in [0.05, 0.1) is 4.92 Å². The van der Waals surface area contributed by atoms with Gasteiger partial charge in [-0.05, 0) is 38.7 Å². The van der Waals surface area contributed by atoms with Crippen molar-refractivity contribution in [1.29, 1.82) is 0 Å². The van der Waals surface area contributed by atoms with Gasteiger partial charge in [-0.1, -0.05) is 0 Å². The topological polar surface area (TPSA) is 71.3 Å². The first kappa shape index (κ1) is 13.3. The zero-order valence-electron chi connectivity index (χ0n) is 11.7. The number of nitro groups is 1. The minimum Gasteiger partial charge on any atom is -0.348 e. The van der Waals surface area contributed by atoms with Crippen LogP contribution in [0.3, 0.4) is 0 Å². The van der Waals surface area contributed by atoms with Crippen LogP contribution in [0, 0.1) is 10.1 Å². The molecule has 2 unspecified atom stereocenters. The lowest BCUT2D eigenvalue weighted by Crippen LogP contribution is -2.48. The molecule has 1 aromatic rings. The van der Waals surface area contributed by atoms with Crippen LogP contribution in [0.25, 0.3) is 0 Å². The largest absolute Gasteiger partial charge is 0.348 e.